The fraction of sp³-hybridized carbons (Fsp3) is 0.143. The first-order chi connectivity index (χ1) is 4.86. The first-order valence-corrected chi connectivity index (χ1v) is 2.82. The van der Waals surface area contributed by atoms with Crippen molar-refractivity contribution in [1.82, 2.24) is 4.98 Å². The Hall–Kier alpha value is -1.56. The Morgan fingerprint density at radius 3 is 3.20 bits per heavy atom. The predicted octanol–water partition coefficient (Wildman–Crippen LogP) is 1.27. The third-order valence-corrected chi connectivity index (χ3v) is 0.983. The van der Waals surface area contributed by atoms with Crippen LogP contribution in [0.25, 0.3) is 0 Å². The highest BCUT2D eigenvalue weighted by atomic mass is 16.4. The molecule has 0 bridgehead atoms. The number of aromatic nitrogens is 1. The molecule has 3 nitrogen and oxygen atoms in total. The molecular formula is C7H6N2O. The molecule has 0 aliphatic rings. The normalized spacial score (nSPS) is 8.70. The summed E-state index contributed by atoms with van der Waals surface area (Å²) in [6.07, 6.45) is 3.65. The summed E-state index contributed by atoms with van der Waals surface area (Å²) >= 11 is 0. The molecule has 0 radical (unpaired) electrons. The Labute approximate surface area is 58.6 Å². The van der Waals surface area contributed by atoms with Gasteiger partial charge in [-0.2, -0.15) is 5.26 Å². The summed E-state index contributed by atoms with van der Waals surface area (Å²) in [7, 11) is 0. The topological polar surface area (TPSA) is 49.8 Å². The Balaban J connectivity index is 2.80. The van der Waals surface area contributed by atoms with Crippen LogP contribution in [0.4, 0.5) is 0 Å². The van der Waals surface area contributed by atoms with Gasteiger partial charge in [0, 0.05) is 6.42 Å². The summed E-state index contributed by atoms with van der Waals surface area (Å²) in [4.78, 5) is 3.82. The standard InChI is InChI=1S/C7H6N2O/c1-2-3-7-9-5-6(4-8)10-7/h2,5H,1,3H2. The number of hydrogen-bond acceptors (Lipinski definition) is 3. The Morgan fingerprint density at radius 1 is 1.90 bits per heavy atom. The molecule has 3 heteroatoms. The van der Waals surface area contributed by atoms with Gasteiger partial charge in [-0.05, 0) is 0 Å². The van der Waals surface area contributed by atoms with Gasteiger partial charge in [0.1, 0.15) is 6.07 Å². The van der Waals surface area contributed by atoms with Crippen molar-refractivity contribution in [2.45, 2.75) is 6.42 Å². The maximum Gasteiger partial charge on any atom is 0.223 e. The molecule has 10 heavy (non-hydrogen) atoms. The lowest BCUT2D eigenvalue weighted by Gasteiger charge is -1.81. The summed E-state index contributed by atoms with van der Waals surface area (Å²) in [5.41, 5.74) is 0. The molecule has 0 N–H and O–H groups in total. The molecule has 0 unspecified atom stereocenters. The Kier molecular flexibility index (Phi) is 1.86. The molecule has 0 aliphatic carbocycles. The van der Waals surface area contributed by atoms with Gasteiger partial charge in [-0.1, -0.05) is 6.08 Å². The van der Waals surface area contributed by atoms with Gasteiger partial charge in [-0.3, -0.25) is 0 Å². The molecule has 0 saturated heterocycles. The average molecular weight is 134 g/mol. The number of nitrogens with zero attached hydrogens (tertiary/aromatic N) is 2. The van der Waals surface area contributed by atoms with Gasteiger partial charge in [0.05, 0.1) is 6.20 Å². The van der Waals surface area contributed by atoms with E-state index < -0.39 is 0 Å². The fourth-order valence-electron chi connectivity index (χ4n) is 0.580. The maximum absolute atomic E-state index is 8.31. The largest absolute Gasteiger partial charge is 0.430 e. The zero-order valence-electron chi connectivity index (χ0n) is 5.37. The molecule has 0 saturated carbocycles. The van der Waals surface area contributed by atoms with E-state index in [1.54, 1.807) is 6.08 Å². The molecule has 1 aromatic heterocycles. The first kappa shape index (κ1) is 6.56. The van der Waals surface area contributed by atoms with Crippen molar-refractivity contribution < 1.29 is 4.42 Å². The second kappa shape index (κ2) is 2.83. The predicted molar refractivity (Wildman–Crippen MR) is 35.1 cm³/mol. The van der Waals surface area contributed by atoms with E-state index in [2.05, 4.69) is 11.6 Å². The Morgan fingerprint density at radius 2 is 2.70 bits per heavy atom. The van der Waals surface area contributed by atoms with Crippen LogP contribution < -0.4 is 0 Å². The third kappa shape index (κ3) is 1.23. The lowest BCUT2D eigenvalue weighted by molar-refractivity contribution is 0.498. The smallest absolute Gasteiger partial charge is 0.223 e. The van der Waals surface area contributed by atoms with Crippen LogP contribution in [-0.4, -0.2) is 4.98 Å². The molecule has 0 aliphatic heterocycles. The second-order valence-electron chi connectivity index (χ2n) is 1.72. The van der Waals surface area contributed by atoms with Crippen molar-refractivity contribution in [3.05, 3.63) is 30.5 Å². The van der Waals surface area contributed by atoms with Crippen LogP contribution in [0, 0.1) is 11.3 Å². The lowest BCUT2D eigenvalue weighted by Crippen LogP contribution is -1.75. The van der Waals surface area contributed by atoms with Crippen molar-refractivity contribution in [3.8, 4) is 6.07 Å². The highest BCUT2D eigenvalue weighted by Crippen LogP contribution is 2.01. The van der Waals surface area contributed by atoms with Crippen LogP contribution >= 0.6 is 0 Å². The summed E-state index contributed by atoms with van der Waals surface area (Å²) in [6, 6.07) is 1.84. The van der Waals surface area contributed by atoms with Gasteiger partial charge in [0.25, 0.3) is 0 Å². The van der Waals surface area contributed by atoms with Crippen molar-refractivity contribution in [2.24, 2.45) is 0 Å². The molecule has 1 heterocycles. The van der Waals surface area contributed by atoms with Crippen LogP contribution in [0.1, 0.15) is 11.7 Å². The SMILES string of the molecule is C=CCc1ncc(C#N)o1. The van der Waals surface area contributed by atoms with E-state index in [-0.39, 0.29) is 5.76 Å². The first-order valence-electron chi connectivity index (χ1n) is 2.82. The van der Waals surface area contributed by atoms with Crippen molar-refractivity contribution in [3.63, 3.8) is 0 Å². The van der Waals surface area contributed by atoms with Crippen LogP contribution in [-0.2, 0) is 6.42 Å². The zero-order valence-corrected chi connectivity index (χ0v) is 5.37. The minimum atomic E-state index is 0.247. The number of nitriles is 1. The second-order valence-corrected chi connectivity index (χ2v) is 1.72. The van der Waals surface area contributed by atoms with E-state index in [0.717, 1.165) is 0 Å². The number of hydrogen-bond donors (Lipinski definition) is 0. The monoisotopic (exact) mass is 134 g/mol. The third-order valence-electron chi connectivity index (χ3n) is 0.983. The van der Waals surface area contributed by atoms with E-state index in [1.807, 2.05) is 6.07 Å². The van der Waals surface area contributed by atoms with E-state index in [1.165, 1.54) is 6.20 Å². The maximum atomic E-state index is 8.31. The van der Waals surface area contributed by atoms with E-state index >= 15 is 0 Å². The van der Waals surface area contributed by atoms with Gasteiger partial charge >= 0.3 is 0 Å². The van der Waals surface area contributed by atoms with Gasteiger partial charge in [-0.15, -0.1) is 6.58 Å². The van der Waals surface area contributed by atoms with Gasteiger partial charge < -0.3 is 4.42 Å². The van der Waals surface area contributed by atoms with Gasteiger partial charge in [-0.25, -0.2) is 4.98 Å². The minimum Gasteiger partial charge on any atom is -0.430 e. The van der Waals surface area contributed by atoms with Gasteiger partial charge in [0.2, 0.25) is 5.76 Å². The molecule has 0 fully saturated rings. The molecular weight excluding hydrogens is 128 g/mol. The van der Waals surface area contributed by atoms with Crippen molar-refractivity contribution in [2.75, 3.05) is 0 Å². The van der Waals surface area contributed by atoms with Crippen LogP contribution in [0.5, 0.6) is 0 Å². The van der Waals surface area contributed by atoms with Crippen LogP contribution in [0.15, 0.2) is 23.3 Å². The number of allylic oxidation sites excluding steroid dienone is 1. The zero-order chi connectivity index (χ0) is 7.40. The molecule has 0 atom stereocenters. The molecule has 0 spiro atoms. The summed E-state index contributed by atoms with van der Waals surface area (Å²) in [5, 5.41) is 8.31. The fourth-order valence-corrected chi connectivity index (χ4v) is 0.580. The van der Waals surface area contributed by atoms with Crippen molar-refractivity contribution >= 4 is 0 Å². The van der Waals surface area contributed by atoms with E-state index in [0.29, 0.717) is 12.3 Å². The summed E-state index contributed by atoms with van der Waals surface area (Å²) in [5.74, 6) is 0.781. The minimum absolute atomic E-state index is 0.247. The van der Waals surface area contributed by atoms with Crippen LogP contribution in [0.3, 0.4) is 0 Å². The van der Waals surface area contributed by atoms with Crippen LogP contribution in [0.2, 0.25) is 0 Å². The highest BCUT2D eigenvalue weighted by molar-refractivity contribution is 5.12. The quantitative estimate of drug-likeness (QED) is 0.572. The molecule has 0 aromatic carbocycles. The summed E-state index contributed by atoms with van der Waals surface area (Å²) < 4.78 is 4.93. The lowest BCUT2D eigenvalue weighted by atomic mass is 10.4. The van der Waals surface area contributed by atoms with E-state index in [9.17, 15) is 0 Å². The average Bonchev–Trinajstić information content (AvgIpc) is 2.37. The van der Waals surface area contributed by atoms with E-state index in [4.69, 9.17) is 9.68 Å². The molecule has 0 amide bonds. The molecule has 50 valence electrons. The summed E-state index contributed by atoms with van der Waals surface area (Å²) in [6.45, 7) is 3.51. The number of oxazole rings is 1. The Bertz CT molecular complexity index is 269. The van der Waals surface area contributed by atoms with Crippen molar-refractivity contribution in [1.29, 1.82) is 5.26 Å². The highest BCUT2D eigenvalue weighted by Gasteiger charge is 1.98. The molecule has 1 rings (SSSR count). The molecule has 1 aromatic rings. The van der Waals surface area contributed by atoms with Gasteiger partial charge in [0.15, 0.2) is 5.89 Å². The number of rotatable bonds is 2.